The highest BCUT2D eigenvalue weighted by atomic mass is 32.1. The van der Waals surface area contributed by atoms with Gasteiger partial charge in [0.25, 0.3) is 0 Å². The van der Waals surface area contributed by atoms with E-state index < -0.39 is 7.14 Å². The lowest BCUT2D eigenvalue weighted by atomic mass is 9.99. The largest absolute Gasteiger partial charge is 0.405 e. The Morgan fingerprint density at radius 3 is 1.54 bits per heavy atom. The molecule has 0 radical (unpaired) electrons. The van der Waals surface area contributed by atoms with Gasteiger partial charge in [0, 0.05) is 51.0 Å². The van der Waals surface area contributed by atoms with E-state index in [2.05, 4.69) is 73.7 Å². The normalized spacial score (nSPS) is 12.1. The zero-order valence-corrected chi connectivity index (χ0v) is 27.7. The van der Waals surface area contributed by atoms with Gasteiger partial charge in [0.05, 0.1) is 0 Å². The van der Waals surface area contributed by atoms with Crippen LogP contribution in [0, 0.1) is 6.92 Å². The third-order valence-electron chi connectivity index (χ3n) is 8.76. The minimum absolute atomic E-state index is 0.836. The number of hydrogen-bond acceptors (Lipinski definition) is 4. The predicted octanol–water partition coefficient (Wildman–Crippen LogP) is 10.5. The predicted molar refractivity (Wildman–Crippen MR) is 203 cm³/mol. The highest BCUT2D eigenvalue weighted by molar-refractivity contribution is 7.85. The molecule has 0 aliphatic heterocycles. The SMILES string of the molecule is Cc1sc2ccc(-c3ccc4sc5ccc(-c6cccc(P(=O)(c7ccccc7)c7ccccc7)c6)cc5c4c3)cc2c1/C=C\N. The molecule has 46 heavy (non-hydrogen) atoms. The third kappa shape index (κ3) is 4.82. The van der Waals surface area contributed by atoms with Gasteiger partial charge in [0.2, 0.25) is 0 Å². The standard InChI is InChI=1S/C41H30NOPS2/c1-27-35(21-22-42)36-24-30(15-18-39(36)45-27)31-17-20-41-38(26-31)37-25-29(16-19-40(37)46-41)28-9-8-14-34(23-28)44(43,32-10-4-2-5-11-32)33-12-6-3-7-13-33/h2-26H,42H2,1H3/b22-21-. The average Bonchev–Trinajstić information content (AvgIpc) is 3.64. The van der Waals surface area contributed by atoms with Crippen molar-refractivity contribution in [1.82, 2.24) is 0 Å². The first-order chi connectivity index (χ1) is 22.5. The maximum Gasteiger partial charge on any atom is 0.171 e. The molecule has 8 rings (SSSR count). The summed E-state index contributed by atoms with van der Waals surface area (Å²) < 4.78 is 18.8. The molecule has 0 saturated heterocycles. The highest BCUT2D eigenvalue weighted by Gasteiger charge is 2.29. The van der Waals surface area contributed by atoms with E-state index in [0.29, 0.717) is 0 Å². The fourth-order valence-electron chi connectivity index (χ4n) is 6.46. The summed E-state index contributed by atoms with van der Waals surface area (Å²) >= 11 is 3.63. The summed E-state index contributed by atoms with van der Waals surface area (Å²) in [6.45, 7) is 2.15. The van der Waals surface area contributed by atoms with Crippen LogP contribution < -0.4 is 21.6 Å². The number of benzene rings is 6. The number of hydrogen-bond donors (Lipinski definition) is 1. The smallest absolute Gasteiger partial charge is 0.171 e. The zero-order chi connectivity index (χ0) is 31.3. The van der Waals surface area contributed by atoms with Gasteiger partial charge in [-0.05, 0) is 89.5 Å². The van der Waals surface area contributed by atoms with E-state index in [4.69, 9.17) is 5.73 Å². The van der Waals surface area contributed by atoms with Crippen LogP contribution in [-0.4, -0.2) is 0 Å². The zero-order valence-electron chi connectivity index (χ0n) is 25.2. The molecule has 0 bridgehead atoms. The van der Waals surface area contributed by atoms with Crippen LogP contribution in [0.5, 0.6) is 0 Å². The van der Waals surface area contributed by atoms with Crippen molar-refractivity contribution in [2.45, 2.75) is 6.92 Å². The first-order valence-corrected chi connectivity index (χ1v) is 18.6. The topological polar surface area (TPSA) is 43.1 Å². The second kappa shape index (κ2) is 11.6. The van der Waals surface area contributed by atoms with Gasteiger partial charge in [0.15, 0.2) is 7.14 Å². The number of rotatable bonds is 6. The average molecular weight is 648 g/mol. The lowest BCUT2D eigenvalue weighted by Crippen LogP contribution is -2.25. The molecule has 0 spiro atoms. The summed E-state index contributed by atoms with van der Waals surface area (Å²) in [4.78, 5) is 1.27. The molecule has 0 atom stereocenters. The maximum atomic E-state index is 15.1. The minimum atomic E-state index is -3.07. The van der Waals surface area contributed by atoms with Gasteiger partial charge < -0.3 is 10.3 Å². The van der Waals surface area contributed by atoms with Crippen molar-refractivity contribution in [3.63, 3.8) is 0 Å². The minimum Gasteiger partial charge on any atom is -0.405 e. The summed E-state index contributed by atoms with van der Waals surface area (Å²) in [5.74, 6) is 0. The Morgan fingerprint density at radius 1 is 0.522 bits per heavy atom. The molecule has 0 saturated carbocycles. The molecule has 0 aliphatic rings. The second-order valence-corrected chi connectivity index (χ2v) is 16.6. The van der Waals surface area contributed by atoms with E-state index in [1.165, 1.54) is 51.8 Å². The monoisotopic (exact) mass is 647 g/mol. The van der Waals surface area contributed by atoms with Gasteiger partial charge in [0.1, 0.15) is 0 Å². The molecule has 2 aromatic heterocycles. The molecule has 0 fully saturated rings. The second-order valence-electron chi connectivity index (χ2n) is 11.5. The van der Waals surface area contributed by atoms with Crippen molar-refractivity contribution in [3.8, 4) is 22.3 Å². The highest BCUT2D eigenvalue weighted by Crippen LogP contribution is 2.44. The van der Waals surface area contributed by atoms with Crippen LogP contribution in [-0.2, 0) is 4.57 Å². The lowest BCUT2D eigenvalue weighted by Gasteiger charge is -2.20. The van der Waals surface area contributed by atoms with E-state index in [0.717, 1.165) is 27.0 Å². The van der Waals surface area contributed by atoms with Gasteiger partial charge in [-0.15, -0.1) is 22.7 Å². The molecule has 2 heterocycles. The molecule has 0 amide bonds. The number of nitrogens with two attached hydrogens (primary N) is 1. The first-order valence-electron chi connectivity index (χ1n) is 15.2. The maximum absolute atomic E-state index is 15.1. The van der Waals surface area contributed by atoms with Crippen molar-refractivity contribution in [1.29, 1.82) is 0 Å². The molecule has 6 aromatic carbocycles. The van der Waals surface area contributed by atoms with Gasteiger partial charge in [-0.3, -0.25) is 0 Å². The third-order valence-corrected chi connectivity index (χ3v) is 14.1. The number of thiophene rings is 2. The van der Waals surface area contributed by atoms with E-state index in [1.54, 1.807) is 17.5 Å². The van der Waals surface area contributed by atoms with Crippen LogP contribution in [0.1, 0.15) is 10.4 Å². The van der Waals surface area contributed by atoms with E-state index >= 15 is 4.57 Å². The molecule has 0 unspecified atom stereocenters. The summed E-state index contributed by atoms with van der Waals surface area (Å²) in [7, 11) is -3.07. The Morgan fingerprint density at radius 2 is 1.00 bits per heavy atom. The van der Waals surface area contributed by atoms with Crippen molar-refractivity contribution < 1.29 is 4.57 Å². The Labute approximate surface area is 276 Å². The van der Waals surface area contributed by atoms with Crippen LogP contribution in [0.25, 0.3) is 58.6 Å². The summed E-state index contributed by atoms with van der Waals surface area (Å²) in [5, 5.41) is 6.24. The Bertz CT molecular complexity index is 2430. The number of fused-ring (bicyclic) bond motifs is 4. The van der Waals surface area contributed by atoms with E-state index in [1.807, 2.05) is 90.2 Å². The van der Waals surface area contributed by atoms with Gasteiger partial charge in [-0.2, -0.15) is 0 Å². The van der Waals surface area contributed by atoms with Crippen LogP contribution >= 0.6 is 29.8 Å². The fraction of sp³-hybridized carbons (Fsp3) is 0.0244. The van der Waals surface area contributed by atoms with Crippen LogP contribution in [0.2, 0.25) is 0 Å². The van der Waals surface area contributed by atoms with E-state index in [9.17, 15) is 0 Å². The molecule has 8 aromatic rings. The van der Waals surface area contributed by atoms with Crippen molar-refractivity contribution in [3.05, 3.63) is 156 Å². The van der Waals surface area contributed by atoms with Crippen LogP contribution in [0.4, 0.5) is 0 Å². The molecular formula is C41H30NOPS2. The van der Waals surface area contributed by atoms with Gasteiger partial charge in [-0.1, -0.05) is 97.1 Å². The first kappa shape index (κ1) is 28.7. The molecule has 5 heteroatoms. The summed E-state index contributed by atoms with van der Waals surface area (Å²) in [5.41, 5.74) is 11.5. The lowest BCUT2D eigenvalue weighted by molar-refractivity contribution is 0.592. The quantitative estimate of drug-likeness (QED) is 0.183. The summed E-state index contributed by atoms with van der Waals surface area (Å²) in [6.07, 6.45) is 3.63. The van der Waals surface area contributed by atoms with Gasteiger partial charge in [-0.25, -0.2) is 0 Å². The Kier molecular flexibility index (Phi) is 7.22. The van der Waals surface area contributed by atoms with Crippen molar-refractivity contribution >= 4 is 82.1 Å². The molecule has 2 N–H and O–H groups in total. The summed E-state index contributed by atoms with van der Waals surface area (Å²) in [6, 6.07) is 48.3. The fourth-order valence-corrected chi connectivity index (χ4v) is 11.3. The Balaban J connectivity index is 1.24. The molecular weight excluding hydrogens is 618 g/mol. The Hall–Kier alpha value is -4.73. The van der Waals surface area contributed by atoms with Crippen LogP contribution in [0.3, 0.4) is 0 Å². The van der Waals surface area contributed by atoms with Gasteiger partial charge >= 0.3 is 0 Å². The van der Waals surface area contributed by atoms with Crippen LogP contribution in [0.15, 0.2) is 146 Å². The molecule has 0 aliphatic carbocycles. The van der Waals surface area contributed by atoms with E-state index in [-0.39, 0.29) is 0 Å². The van der Waals surface area contributed by atoms with Crippen molar-refractivity contribution in [2.24, 2.45) is 5.73 Å². The number of aryl methyl sites for hydroxylation is 1. The molecule has 2 nitrogen and oxygen atoms in total. The molecule has 222 valence electrons. The van der Waals surface area contributed by atoms with Crippen molar-refractivity contribution in [2.75, 3.05) is 0 Å².